The van der Waals surface area contributed by atoms with Gasteiger partial charge in [0.1, 0.15) is 0 Å². The van der Waals surface area contributed by atoms with E-state index in [1.807, 2.05) is 18.2 Å². The largest absolute Gasteiger partial charge is 0.395 e. The van der Waals surface area contributed by atoms with E-state index in [1.54, 1.807) is 19.4 Å². The fraction of sp³-hybridized carbons (Fsp3) is 0.375. The Bertz CT molecular complexity index is 115. The average molecular weight is 154 g/mol. The third kappa shape index (κ3) is 9.07. The maximum atomic E-state index is 8.00. The quantitative estimate of drug-likeness (QED) is 0.643. The van der Waals surface area contributed by atoms with Crippen molar-refractivity contribution in [2.24, 2.45) is 0 Å². The van der Waals surface area contributed by atoms with Crippen molar-refractivity contribution in [2.45, 2.75) is 0 Å². The van der Waals surface area contributed by atoms with Gasteiger partial charge in [0.25, 0.3) is 0 Å². The van der Waals surface area contributed by atoms with Gasteiger partial charge in [-0.15, -0.1) is 0 Å². The van der Waals surface area contributed by atoms with E-state index in [0.717, 1.165) is 0 Å². The summed E-state index contributed by atoms with van der Waals surface area (Å²) in [6.45, 7) is 0.927. The smallest absolute Gasteiger partial charge is 0.0555 e. The molecule has 1 heterocycles. The molecule has 0 unspecified atom stereocenters. The molecule has 62 valence electrons. The number of likely N-dealkylation sites (N-methyl/N-ethyl adjacent to an activating group) is 1. The van der Waals surface area contributed by atoms with Crippen LogP contribution in [0.5, 0.6) is 0 Å². The molecule has 0 radical (unpaired) electrons. The predicted molar refractivity (Wildman–Crippen MR) is 45.2 cm³/mol. The van der Waals surface area contributed by atoms with Crippen LogP contribution in [0.2, 0.25) is 0 Å². The van der Waals surface area contributed by atoms with E-state index in [9.17, 15) is 0 Å². The van der Waals surface area contributed by atoms with E-state index in [-0.39, 0.29) is 6.61 Å². The molecule has 0 aliphatic carbocycles. The van der Waals surface area contributed by atoms with Crippen LogP contribution in [0.15, 0.2) is 30.6 Å². The molecule has 0 aliphatic heterocycles. The fourth-order valence-electron chi connectivity index (χ4n) is 0.424. The molecule has 1 aromatic rings. The Morgan fingerprint density at radius 2 is 1.91 bits per heavy atom. The van der Waals surface area contributed by atoms with Gasteiger partial charge in [-0.05, 0) is 19.2 Å². The first-order chi connectivity index (χ1) is 5.41. The lowest BCUT2D eigenvalue weighted by molar-refractivity contribution is 0.296. The van der Waals surface area contributed by atoms with Gasteiger partial charge in [-0.2, -0.15) is 0 Å². The molecule has 0 bridgehead atoms. The number of aliphatic hydroxyl groups excluding tert-OH is 1. The van der Waals surface area contributed by atoms with Gasteiger partial charge in [0, 0.05) is 18.9 Å². The fourth-order valence-corrected chi connectivity index (χ4v) is 0.424. The summed E-state index contributed by atoms with van der Waals surface area (Å²) in [5, 5.41) is 10.8. The molecule has 0 saturated heterocycles. The first-order valence-electron chi connectivity index (χ1n) is 3.52. The summed E-state index contributed by atoms with van der Waals surface area (Å²) in [6.07, 6.45) is 3.50. The second kappa shape index (κ2) is 9.07. The van der Waals surface area contributed by atoms with Crippen LogP contribution >= 0.6 is 0 Å². The second-order valence-electron chi connectivity index (χ2n) is 1.85. The number of pyridine rings is 1. The minimum absolute atomic E-state index is 0.233. The standard InChI is InChI=1S/C5H5N.C3H9NO/c1-2-4-6-5-3-1;1-4-2-3-5/h1-5H;4-5H,2-3H2,1H3. The summed E-state index contributed by atoms with van der Waals surface area (Å²) >= 11 is 0. The van der Waals surface area contributed by atoms with Crippen LogP contribution in [-0.2, 0) is 0 Å². The van der Waals surface area contributed by atoms with Crippen LogP contribution in [0.3, 0.4) is 0 Å². The Kier molecular flexibility index (Phi) is 8.30. The highest BCUT2D eigenvalue weighted by Crippen LogP contribution is 1.73. The number of nitrogens with zero attached hydrogens (tertiary/aromatic N) is 1. The molecule has 0 spiro atoms. The van der Waals surface area contributed by atoms with Crippen LogP contribution in [0.1, 0.15) is 0 Å². The van der Waals surface area contributed by atoms with Crippen molar-refractivity contribution in [2.75, 3.05) is 20.2 Å². The van der Waals surface area contributed by atoms with Gasteiger partial charge in [-0.25, -0.2) is 0 Å². The van der Waals surface area contributed by atoms with E-state index >= 15 is 0 Å². The van der Waals surface area contributed by atoms with E-state index in [0.29, 0.717) is 6.54 Å². The van der Waals surface area contributed by atoms with Crippen molar-refractivity contribution < 1.29 is 5.11 Å². The van der Waals surface area contributed by atoms with Gasteiger partial charge < -0.3 is 10.4 Å². The van der Waals surface area contributed by atoms with E-state index in [1.165, 1.54) is 0 Å². The van der Waals surface area contributed by atoms with Crippen LogP contribution in [0.4, 0.5) is 0 Å². The third-order valence-corrected chi connectivity index (χ3v) is 0.928. The lowest BCUT2D eigenvalue weighted by Crippen LogP contribution is -2.10. The Labute approximate surface area is 67.1 Å². The number of hydrogen-bond donors (Lipinski definition) is 2. The van der Waals surface area contributed by atoms with Gasteiger partial charge in [0.2, 0.25) is 0 Å². The Hall–Kier alpha value is -0.930. The number of aliphatic hydroxyl groups is 1. The van der Waals surface area contributed by atoms with Crippen LogP contribution in [0.25, 0.3) is 0 Å². The molecule has 0 amide bonds. The van der Waals surface area contributed by atoms with Crippen molar-refractivity contribution in [3.8, 4) is 0 Å². The highest BCUT2D eigenvalue weighted by molar-refractivity contribution is 4.88. The van der Waals surface area contributed by atoms with Gasteiger partial charge in [0.05, 0.1) is 6.61 Å². The second-order valence-corrected chi connectivity index (χ2v) is 1.85. The monoisotopic (exact) mass is 154 g/mol. The highest BCUT2D eigenvalue weighted by atomic mass is 16.3. The van der Waals surface area contributed by atoms with Crippen molar-refractivity contribution in [1.82, 2.24) is 10.3 Å². The topological polar surface area (TPSA) is 45.1 Å². The zero-order chi connectivity index (χ0) is 8.36. The molecule has 1 aromatic heterocycles. The minimum Gasteiger partial charge on any atom is -0.395 e. The van der Waals surface area contributed by atoms with Gasteiger partial charge in [-0.3, -0.25) is 4.98 Å². The summed E-state index contributed by atoms with van der Waals surface area (Å²) in [5.41, 5.74) is 0. The molecule has 0 atom stereocenters. The summed E-state index contributed by atoms with van der Waals surface area (Å²) in [6, 6.07) is 5.72. The zero-order valence-electron chi connectivity index (χ0n) is 6.70. The molecule has 0 fully saturated rings. The summed E-state index contributed by atoms with van der Waals surface area (Å²) < 4.78 is 0. The van der Waals surface area contributed by atoms with Crippen molar-refractivity contribution >= 4 is 0 Å². The molecule has 3 nitrogen and oxygen atoms in total. The van der Waals surface area contributed by atoms with Crippen LogP contribution < -0.4 is 5.32 Å². The zero-order valence-corrected chi connectivity index (χ0v) is 6.70. The maximum absolute atomic E-state index is 8.00. The van der Waals surface area contributed by atoms with Gasteiger partial charge in [-0.1, -0.05) is 6.07 Å². The van der Waals surface area contributed by atoms with Crippen LogP contribution in [-0.4, -0.2) is 30.3 Å². The Balaban J connectivity index is 0.000000187. The first-order valence-corrected chi connectivity index (χ1v) is 3.52. The average Bonchev–Trinajstić information content (AvgIpc) is 2.10. The lowest BCUT2D eigenvalue weighted by Gasteiger charge is -1.84. The van der Waals surface area contributed by atoms with Crippen molar-refractivity contribution in [3.63, 3.8) is 0 Å². The van der Waals surface area contributed by atoms with Gasteiger partial charge >= 0.3 is 0 Å². The number of nitrogens with one attached hydrogen (secondary N) is 1. The SMILES string of the molecule is CNCCO.c1ccncc1. The molecule has 0 aliphatic rings. The normalized spacial score (nSPS) is 8.18. The predicted octanol–water partition coefficient (Wildman–Crippen LogP) is 0.280. The number of aromatic nitrogens is 1. The molecule has 3 heteroatoms. The van der Waals surface area contributed by atoms with Crippen LogP contribution in [0, 0.1) is 0 Å². The molecule has 1 rings (SSSR count). The summed E-state index contributed by atoms with van der Waals surface area (Å²) in [7, 11) is 1.80. The molecule has 11 heavy (non-hydrogen) atoms. The maximum Gasteiger partial charge on any atom is 0.0555 e. The Morgan fingerprint density at radius 3 is 2.00 bits per heavy atom. The van der Waals surface area contributed by atoms with E-state index in [4.69, 9.17) is 5.11 Å². The molecule has 0 aromatic carbocycles. The molecule has 0 saturated carbocycles. The number of rotatable bonds is 2. The van der Waals surface area contributed by atoms with E-state index in [2.05, 4.69) is 10.3 Å². The van der Waals surface area contributed by atoms with Crippen molar-refractivity contribution in [1.29, 1.82) is 0 Å². The molecule has 2 N–H and O–H groups in total. The minimum atomic E-state index is 0.233. The summed E-state index contributed by atoms with van der Waals surface area (Å²) in [4.78, 5) is 3.78. The van der Waals surface area contributed by atoms with Gasteiger partial charge in [0.15, 0.2) is 0 Å². The lowest BCUT2D eigenvalue weighted by atomic mass is 10.5. The first kappa shape index (κ1) is 10.1. The van der Waals surface area contributed by atoms with E-state index < -0.39 is 0 Å². The summed E-state index contributed by atoms with van der Waals surface area (Å²) in [5.74, 6) is 0. The Morgan fingerprint density at radius 1 is 1.27 bits per heavy atom. The number of hydrogen-bond acceptors (Lipinski definition) is 3. The molecular weight excluding hydrogens is 140 g/mol. The molecular formula is C8H14N2O. The van der Waals surface area contributed by atoms with Crippen molar-refractivity contribution in [3.05, 3.63) is 30.6 Å². The highest BCUT2D eigenvalue weighted by Gasteiger charge is 1.65. The third-order valence-electron chi connectivity index (χ3n) is 0.928.